The maximum Gasteiger partial charge on any atom is 0.119 e. The minimum absolute atomic E-state index is 0. The van der Waals surface area contributed by atoms with E-state index in [4.69, 9.17) is 10.00 Å². The first kappa shape index (κ1) is 25.5. The van der Waals surface area contributed by atoms with E-state index in [1.807, 2.05) is 6.92 Å². The van der Waals surface area contributed by atoms with E-state index >= 15 is 0 Å². The van der Waals surface area contributed by atoms with Crippen molar-refractivity contribution in [2.75, 3.05) is 6.61 Å². The van der Waals surface area contributed by atoms with Crippen LogP contribution in [0.15, 0.2) is 115 Å². The normalized spacial score (nSPS) is 11.6. The van der Waals surface area contributed by atoms with Gasteiger partial charge in [0.05, 0.1) is 18.8 Å². The molecule has 4 aromatic carbocycles. The van der Waals surface area contributed by atoms with Crippen molar-refractivity contribution < 1.29 is 17.1 Å². The standard InChI is InChI=1S/C30H29NOP.ClH/c1-25(23-31)21-22-32-27-19-17-26(18-20-27)24-33(28-11-5-2-6-12-28,29-13-7-3-8-14-29)30-15-9-4-10-16-30;/h2-20,25H,21-22,24H2,1H3;1H/q+1;/p-1. The van der Waals surface area contributed by atoms with Crippen LogP contribution < -0.4 is 33.1 Å². The summed E-state index contributed by atoms with van der Waals surface area (Å²) >= 11 is 0. The van der Waals surface area contributed by atoms with Gasteiger partial charge in [-0.25, -0.2) is 0 Å². The number of nitrogens with zero attached hydrogens (tertiary/aromatic N) is 1. The summed E-state index contributed by atoms with van der Waals surface area (Å²) in [6.07, 6.45) is 1.68. The summed E-state index contributed by atoms with van der Waals surface area (Å²) in [7, 11) is -1.91. The molecule has 0 amide bonds. The van der Waals surface area contributed by atoms with Crippen LogP contribution in [-0.2, 0) is 6.16 Å². The maximum atomic E-state index is 8.96. The predicted molar refractivity (Wildman–Crippen MR) is 140 cm³/mol. The molecule has 172 valence electrons. The number of halogens is 1. The van der Waals surface area contributed by atoms with Crippen molar-refractivity contribution in [1.82, 2.24) is 0 Å². The zero-order valence-electron chi connectivity index (χ0n) is 19.3. The van der Waals surface area contributed by atoms with Crippen molar-refractivity contribution in [3.63, 3.8) is 0 Å². The van der Waals surface area contributed by atoms with Crippen molar-refractivity contribution in [1.29, 1.82) is 5.26 Å². The third-order valence-corrected chi connectivity index (χ3v) is 10.4. The van der Waals surface area contributed by atoms with Gasteiger partial charge in [0.2, 0.25) is 0 Å². The average Bonchev–Trinajstić information content (AvgIpc) is 2.89. The highest BCUT2D eigenvalue weighted by Crippen LogP contribution is 2.58. The Morgan fingerprint density at radius 3 is 1.56 bits per heavy atom. The van der Waals surface area contributed by atoms with Crippen molar-refractivity contribution in [2.45, 2.75) is 19.5 Å². The summed E-state index contributed by atoms with van der Waals surface area (Å²) in [4.78, 5) is 0. The van der Waals surface area contributed by atoms with Crippen LogP contribution in [0.1, 0.15) is 18.9 Å². The molecule has 0 N–H and O–H groups in total. The third-order valence-electron chi connectivity index (χ3n) is 5.97. The first-order valence-corrected chi connectivity index (χ1v) is 13.4. The minimum atomic E-state index is -1.91. The lowest BCUT2D eigenvalue weighted by Gasteiger charge is -2.28. The molecule has 0 aliphatic rings. The molecule has 0 saturated carbocycles. The van der Waals surface area contributed by atoms with Crippen molar-refractivity contribution in [3.05, 3.63) is 121 Å². The fourth-order valence-electron chi connectivity index (χ4n) is 4.15. The molecule has 0 bridgehead atoms. The molecule has 0 aliphatic carbocycles. The van der Waals surface area contributed by atoms with E-state index in [0.717, 1.165) is 18.3 Å². The zero-order chi connectivity index (χ0) is 22.9. The molecule has 0 aromatic heterocycles. The van der Waals surface area contributed by atoms with E-state index in [0.29, 0.717) is 6.61 Å². The fourth-order valence-corrected chi connectivity index (χ4v) is 8.40. The lowest BCUT2D eigenvalue weighted by molar-refractivity contribution is -0.00000734. The summed E-state index contributed by atoms with van der Waals surface area (Å²) in [5.41, 5.74) is 1.29. The molecular weight excluding hydrogens is 457 g/mol. The Balaban J connectivity index is 0.00000324. The van der Waals surface area contributed by atoms with Gasteiger partial charge in [-0.1, -0.05) is 66.7 Å². The highest BCUT2D eigenvalue weighted by Gasteiger charge is 2.45. The summed E-state index contributed by atoms with van der Waals surface area (Å²) in [6, 6.07) is 43.6. The van der Waals surface area contributed by atoms with Crippen molar-refractivity contribution >= 4 is 23.2 Å². The van der Waals surface area contributed by atoms with Gasteiger partial charge in [0.1, 0.15) is 28.9 Å². The van der Waals surface area contributed by atoms with Gasteiger partial charge in [-0.3, -0.25) is 0 Å². The average molecular weight is 486 g/mol. The van der Waals surface area contributed by atoms with Gasteiger partial charge in [-0.2, -0.15) is 5.26 Å². The van der Waals surface area contributed by atoms with E-state index in [1.54, 1.807) is 0 Å². The number of hydrogen-bond acceptors (Lipinski definition) is 2. The third kappa shape index (κ3) is 5.87. The van der Waals surface area contributed by atoms with E-state index < -0.39 is 7.26 Å². The van der Waals surface area contributed by atoms with Crippen LogP contribution in [0.5, 0.6) is 5.75 Å². The first-order chi connectivity index (χ1) is 16.2. The summed E-state index contributed by atoms with van der Waals surface area (Å²) in [6.45, 7) is 2.48. The van der Waals surface area contributed by atoms with Gasteiger partial charge in [0.15, 0.2) is 0 Å². The van der Waals surface area contributed by atoms with Crippen LogP contribution in [-0.4, -0.2) is 6.61 Å². The topological polar surface area (TPSA) is 33.0 Å². The molecule has 2 nitrogen and oxygen atoms in total. The zero-order valence-corrected chi connectivity index (χ0v) is 21.0. The number of ether oxygens (including phenoxy) is 1. The molecule has 4 heteroatoms. The Kier molecular flexibility index (Phi) is 9.29. The van der Waals surface area contributed by atoms with Crippen LogP contribution in [0, 0.1) is 17.2 Å². The van der Waals surface area contributed by atoms with Crippen LogP contribution in [0.3, 0.4) is 0 Å². The Morgan fingerprint density at radius 2 is 1.15 bits per heavy atom. The molecule has 0 spiro atoms. The molecule has 0 aliphatic heterocycles. The van der Waals surface area contributed by atoms with Gasteiger partial charge in [0.25, 0.3) is 0 Å². The van der Waals surface area contributed by atoms with Gasteiger partial charge in [0, 0.05) is 5.92 Å². The fraction of sp³-hybridized carbons (Fsp3) is 0.167. The van der Waals surface area contributed by atoms with Crippen molar-refractivity contribution in [3.8, 4) is 11.8 Å². The quantitative estimate of drug-likeness (QED) is 0.341. The second kappa shape index (κ2) is 12.4. The minimum Gasteiger partial charge on any atom is -1.00 e. The Labute approximate surface area is 210 Å². The second-order valence-corrected chi connectivity index (χ2v) is 11.8. The maximum absolute atomic E-state index is 8.96. The molecule has 4 rings (SSSR count). The summed E-state index contributed by atoms with van der Waals surface area (Å²) < 4.78 is 5.88. The van der Waals surface area contributed by atoms with Crippen molar-refractivity contribution in [2.24, 2.45) is 5.92 Å². The van der Waals surface area contributed by atoms with Gasteiger partial charge < -0.3 is 17.1 Å². The van der Waals surface area contributed by atoms with Gasteiger partial charge in [-0.15, -0.1) is 0 Å². The number of hydrogen-bond donors (Lipinski definition) is 0. The molecule has 0 saturated heterocycles. The highest BCUT2D eigenvalue weighted by atomic mass is 35.5. The molecule has 1 atom stereocenters. The van der Waals surface area contributed by atoms with E-state index in [9.17, 15) is 0 Å². The largest absolute Gasteiger partial charge is 1.00 e. The molecule has 0 fully saturated rings. The SMILES string of the molecule is CC(C#N)CCOc1ccc(C[P+](c2ccccc2)(c2ccccc2)c2ccccc2)cc1.[Cl-]. The highest BCUT2D eigenvalue weighted by molar-refractivity contribution is 7.95. The first-order valence-electron chi connectivity index (χ1n) is 11.4. The lowest BCUT2D eigenvalue weighted by Crippen LogP contribution is -3.00. The predicted octanol–water partition coefficient (Wildman–Crippen LogP) is 3.11. The van der Waals surface area contributed by atoms with Crippen LogP contribution in [0.4, 0.5) is 0 Å². The number of rotatable bonds is 9. The molecule has 1 unspecified atom stereocenters. The van der Waals surface area contributed by atoms with E-state index in [1.165, 1.54) is 21.5 Å². The monoisotopic (exact) mass is 485 g/mol. The lowest BCUT2D eigenvalue weighted by atomic mass is 10.1. The molecule has 34 heavy (non-hydrogen) atoms. The van der Waals surface area contributed by atoms with E-state index in [-0.39, 0.29) is 18.3 Å². The van der Waals surface area contributed by atoms with Crippen LogP contribution in [0.2, 0.25) is 0 Å². The Morgan fingerprint density at radius 1 is 0.706 bits per heavy atom. The summed E-state index contributed by atoms with van der Waals surface area (Å²) in [5, 5.41) is 13.1. The number of nitriles is 1. The molecule has 4 aromatic rings. The Bertz CT molecular complexity index is 1080. The summed E-state index contributed by atoms with van der Waals surface area (Å²) in [5.74, 6) is 0.865. The Hall–Kier alpha value is -3.11. The van der Waals surface area contributed by atoms with Gasteiger partial charge in [-0.05, 0) is 67.4 Å². The molecular formula is C30H29ClNOP. The molecule has 0 radical (unpaired) electrons. The van der Waals surface area contributed by atoms with E-state index in [2.05, 4.69) is 121 Å². The second-order valence-electron chi connectivity index (χ2n) is 8.29. The van der Waals surface area contributed by atoms with Crippen LogP contribution in [0.25, 0.3) is 0 Å². The molecule has 0 heterocycles. The van der Waals surface area contributed by atoms with Crippen LogP contribution >= 0.6 is 7.26 Å². The smallest absolute Gasteiger partial charge is 0.119 e. The van der Waals surface area contributed by atoms with Gasteiger partial charge >= 0.3 is 0 Å². The number of benzene rings is 4.